The Kier molecular flexibility index (Phi) is 2.92. The third-order valence-electron chi connectivity index (χ3n) is 4.05. The van der Waals surface area contributed by atoms with Gasteiger partial charge >= 0.3 is 0 Å². The van der Waals surface area contributed by atoms with Crippen LogP contribution in [0.3, 0.4) is 0 Å². The number of fused-ring (bicyclic) bond motifs is 1. The second kappa shape index (κ2) is 4.94. The van der Waals surface area contributed by atoms with Crippen LogP contribution >= 0.6 is 0 Å². The van der Waals surface area contributed by atoms with E-state index in [1.165, 1.54) is 0 Å². The lowest BCUT2D eigenvalue weighted by Gasteiger charge is -2.09. The molecule has 5 heteroatoms. The van der Waals surface area contributed by atoms with Crippen LogP contribution < -0.4 is 5.32 Å². The lowest BCUT2D eigenvalue weighted by atomic mass is 10.1. The summed E-state index contributed by atoms with van der Waals surface area (Å²) in [7, 11) is 0. The van der Waals surface area contributed by atoms with Gasteiger partial charge in [0.1, 0.15) is 0 Å². The van der Waals surface area contributed by atoms with Gasteiger partial charge in [0.25, 0.3) is 5.91 Å². The number of pyridine rings is 1. The van der Waals surface area contributed by atoms with Crippen LogP contribution in [-0.4, -0.2) is 21.1 Å². The Hall–Kier alpha value is -2.69. The highest BCUT2D eigenvalue weighted by molar-refractivity contribution is 6.12. The first-order chi connectivity index (χ1) is 10.7. The number of nitrogens with zero attached hydrogens (tertiary/aromatic N) is 2. The SMILES string of the molecule is Cc1[nH]ncc1NC(=O)c1cc(C2CC2)nc2ccccc12. The molecule has 5 nitrogen and oxygen atoms in total. The molecule has 0 aliphatic heterocycles. The van der Waals surface area contributed by atoms with Crippen LogP contribution in [0.4, 0.5) is 5.69 Å². The molecule has 2 N–H and O–H groups in total. The van der Waals surface area contributed by atoms with Gasteiger partial charge in [-0.05, 0) is 31.9 Å². The molecule has 1 amide bonds. The maximum atomic E-state index is 12.7. The fourth-order valence-corrected chi connectivity index (χ4v) is 2.64. The number of para-hydroxylation sites is 1. The number of carbonyl (C=O) groups excluding carboxylic acids is 1. The number of amides is 1. The van der Waals surface area contributed by atoms with Crippen LogP contribution in [-0.2, 0) is 0 Å². The number of hydrogen-bond acceptors (Lipinski definition) is 3. The Morgan fingerprint density at radius 2 is 2.14 bits per heavy atom. The van der Waals surface area contributed by atoms with Crippen molar-refractivity contribution in [2.24, 2.45) is 0 Å². The molecule has 22 heavy (non-hydrogen) atoms. The van der Waals surface area contributed by atoms with E-state index in [-0.39, 0.29) is 5.91 Å². The molecule has 0 unspecified atom stereocenters. The van der Waals surface area contributed by atoms with Crippen LogP contribution in [0.5, 0.6) is 0 Å². The standard InChI is InChI=1S/C17H16N4O/c1-10-16(9-18-21-10)20-17(22)13-8-15(11-6-7-11)19-14-5-3-2-4-12(13)14/h2-5,8-9,11H,6-7H2,1H3,(H,18,21)(H,20,22). The highest BCUT2D eigenvalue weighted by Crippen LogP contribution is 2.40. The summed E-state index contributed by atoms with van der Waals surface area (Å²) in [6.07, 6.45) is 3.94. The van der Waals surface area contributed by atoms with Gasteiger partial charge in [-0.2, -0.15) is 5.10 Å². The monoisotopic (exact) mass is 292 g/mol. The molecule has 3 aromatic rings. The van der Waals surface area contributed by atoms with Crippen molar-refractivity contribution in [3.8, 4) is 0 Å². The van der Waals surface area contributed by atoms with E-state index in [4.69, 9.17) is 4.98 Å². The van der Waals surface area contributed by atoms with Crippen molar-refractivity contribution in [2.45, 2.75) is 25.7 Å². The predicted molar refractivity (Wildman–Crippen MR) is 85.0 cm³/mol. The van der Waals surface area contributed by atoms with Gasteiger partial charge in [-0.15, -0.1) is 0 Å². The van der Waals surface area contributed by atoms with Crippen molar-refractivity contribution in [2.75, 3.05) is 5.32 Å². The number of carbonyl (C=O) groups is 1. The summed E-state index contributed by atoms with van der Waals surface area (Å²) in [5.41, 5.74) is 4.12. The number of aryl methyl sites for hydroxylation is 1. The third-order valence-corrected chi connectivity index (χ3v) is 4.05. The van der Waals surface area contributed by atoms with E-state index >= 15 is 0 Å². The molecular formula is C17H16N4O. The van der Waals surface area contributed by atoms with E-state index in [1.54, 1.807) is 6.20 Å². The largest absolute Gasteiger partial charge is 0.319 e. The molecule has 1 aliphatic carbocycles. The van der Waals surface area contributed by atoms with Crippen LogP contribution in [0.15, 0.2) is 36.5 Å². The average molecular weight is 292 g/mol. The molecule has 0 radical (unpaired) electrons. The van der Waals surface area contributed by atoms with Crippen molar-refractivity contribution in [1.29, 1.82) is 0 Å². The zero-order valence-electron chi connectivity index (χ0n) is 12.3. The van der Waals surface area contributed by atoms with Gasteiger partial charge in [-0.1, -0.05) is 18.2 Å². The summed E-state index contributed by atoms with van der Waals surface area (Å²) in [6, 6.07) is 9.72. The lowest BCUT2D eigenvalue weighted by molar-refractivity contribution is 0.102. The zero-order chi connectivity index (χ0) is 15.1. The van der Waals surface area contributed by atoms with Crippen molar-refractivity contribution >= 4 is 22.5 Å². The van der Waals surface area contributed by atoms with E-state index in [0.29, 0.717) is 17.2 Å². The summed E-state index contributed by atoms with van der Waals surface area (Å²) >= 11 is 0. The summed E-state index contributed by atoms with van der Waals surface area (Å²) in [4.78, 5) is 17.4. The molecule has 0 atom stereocenters. The minimum Gasteiger partial charge on any atom is -0.319 e. The van der Waals surface area contributed by atoms with Gasteiger partial charge in [-0.25, -0.2) is 0 Å². The molecule has 1 fully saturated rings. The lowest BCUT2D eigenvalue weighted by Crippen LogP contribution is -2.13. The van der Waals surface area contributed by atoms with Crippen molar-refractivity contribution < 1.29 is 4.79 Å². The minimum atomic E-state index is -0.120. The quantitative estimate of drug-likeness (QED) is 0.777. The second-order valence-electron chi connectivity index (χ2n) is 5.75. The molecule has 2 aromatic heterocycles. The zero-order valence-corrected chi connectivity index (χ0v) is 12.3. The maximum Gasteiger partial charge on any atom is 0.256 e. The molecule has 1 saturated carbocycles. The molecule has 110 valence electrons. The summed E-state index contributed by atoms with van der Waals surface area (Å²) in [6.45, 7) is 1.88. The predicted octanol–water partition coefficient (Wildman–Crippen LogP) is 3.40. The van der Waals surface area contributed by atoms with Crippen LogP contribution in [0.2, 0.25) is 0 Å². The van der Waals surface area contributed by atoms with Gasteiger partial charge < -0.3 is 5.32 Å². The molecule has 2 heterocycles. The number of aromatic nitrogens is 3. The Morgan fingerprint density at radius 1 is 1.32 bits per heavy atom. The van der Waals surface area contributed by atoms with Gasteiger partial charge in [0.2, 0.25) is 0 Å². The van der Waals surface area contributed by atoms with Crippen molar-refractivity contribution in [3.63, 3.8) is 0 Å². The minimum absolute atomic E-state index is 0.120. The molecule has 4 rings (SSSR count). The summed E-state index contributed by atoms with van der Waals surface area (Å²) < 4.78 is 0. The molecule has 1 aliphatic rings. The number of benzene rings is 1. The molecular weight excluding hydrogens is 276 g/mol. The smallest absolute Gasteiger partial charge is 0.256 e. The van der Waals surface area contributed by atoms with E-state index in [2.05, 4.69) is 15.5 Å². The fraction of sp³-hybridized carbons (Fsp3) is 0.235. The number of anilines is 1. The number of aromatic amines is 1. The Morgan fingerprint density at radius 3 is 2.86 bits per heavy atom. The van der Waals surface area contributed by atoms with Crippen LogP contribution in [0, 0.1) is 6.92 Å². The van der Waals surface area contributed by atoms with Gasteiger partial charge in [0, 0.05) is 17.0 Å². The topological polar surface area (TPSA) is 70.7 Å². The maximum absolute atomic E-state index is 12.7. The Balaban J connectivity index is 1.79. The fourth-order valence-electron chi connectivity index (χ4n) is 2.64. The molecule has 0 spiro atoms. The number of hydrogen-bond donors (Lipinski definition) is 2. The average Bonchev–Trinajstić information content (AvgIpc) is 3.31. The number of rotatable bonds is 3. The summed E-state index contributed by atoms with van der Waals surface area (Å²) in [5, 5.41) is 10.6. The highest BCUT2D eigenvalue weighted by atomic mass is 16.1. The summed E-state index contributed by atoms with van der Waals surface area (Å²) in [5.74, 6) is 0.386. The van der Waals surface area contributed by atoms with Gasteiger partial charge in [0.05, 0.1) is 28.7 Å². The normalized spacial score (nSPS) is 14.2. The van der Waals surface area contributed by atoms with Crippen LogP contribution in [0.25, 0.3) is 10.9 Å². The van der Waals surface area contributed by atoms with Crippen molar-refractivity contribution in [1.82, 2.24) is 15.2 Å². The number of H-pyrrole nitrogens is 1. The number of nitrogens with one attached hydrogen (secondary N) is 2. The van der Waals surface area contributed by atoms with E-state index < -0.39 is 0 Å². The van der Waals surface area contributed by atoms with Crippen LogP contribution in [0.1, 0.15) is 40.5 Å². The van der Waals surface area contributed by atoms with E-state index in [1.807, 2.05) is 37.3 Å². The van der Waals surface area contributed by atoms with E-state index in [9.17, 15) is 4.79 Å². The molecule has 1 aromatic carbocycles. The first-order valence-electron chi connectivity index (χ1n) is 7.43. The first-order valence-corrected chi connectivity index (χ1v) is 7.43. The van der Waals surface area contributed by atoms with Gasteiger partial charge in [0.15, 0.2) is 0 Å². The Bertz CT molecular complexity index is 864. The highest BCUT2D eigenvalue weighted by Gasteiger charge is 2.27. The molecule has 0 saturated heterocycles. The van der Waals surface area contributed by atoms with Crippen molar-refractivity contribution in [3.05, 3.63) is 53.5 Å². The Labute approximate surface area is 127 Å². The second-order valence-corrected chi connectivity index (χ2v) is 5.75. The van der Waals surface area contributed by atoms with Gasteiger partial charge in [-0.3, -0.25) is 14.9 Å². The first kappa shape index (κ1) is 13.0. The molecule has 0 bridgehead atoms. The van der Waals surface area contributed by atoms with E-state index in [0.717, 1.165) is 35.1 Å². The third kappa shape index (κ3) is 2.24.